The molecule has 8 nitrogen and oxygen atoms in total. The number of nitrogens with one attached hydrogen (secondary N) is 1. The summed E-state index contributed by atoms with van der Waals surface area (Å²) in [6.45, 7) is 3.18. The summed E-state index contributed by atoms with van der Waals surface area (Å²) in [4.78, 5) is 16.3. The van der Waals surface area contributed by atoms with Gasteiger partial charge in [0.05, 0.1) is 23.5 Å². The van der Waals surface area contributed by atoms with Gasteiger partial charge in [0.1, 0.15) is 5.75 Å². The van der Waals surface area contributed by atoms with Crippen LogP contribution in [0.15, 0.2) is 96.4 Å². The predicted octanol–water partition coefficient (Wildman–Crippen LogP) is 4.83. The van der Waals surface area contributed by atoms with Crippen LogP contribution in [0.3, 0.4) is 0 Å². The van der Waals surface area contributed by atoms with Gasteiger partial charge in [-0.2, -0.15) is 0 Å². The maximum atomic E-state index is 13.6. The maximum absolute atomic E-state index is 13.6. The number of sulfonamides is 1. The van der Waals surface area contributed by atoms with E-state index in [4.69, 9.17) is 16.3 Å². The Morgan fingerprint density at radius 3 is 2.39 bits per heavy atom. The van der Waals surface area contributed by atoms with Crippen molar-refractivity contribution in [2.75, 3.05) is 17.5 Å². The molecule has 0 aliphatic rings. The number of amides is 1. The molecule has 0 saturated heterocycles. The Kier molecular flexibility index (Phi) is 9.04. The summed E-state index contributed by atoms with van der Waals surface area (Å²) in [5.41, 5.74) is 2.23. The summed E-state index contributed by atoms with van der Waals surface area (Å²) < 4.78 is 36.2. The monoisotopic (exact) mass is 552 g/mol. The minimum Gasteiger partial charge on any atom is -0.484 e. The molecule has 4 aromatic rings. The second-order valence-electron chi connectivity index (χ2n) is 8.74. The van der Waals surface area contributed by atoms with E-state index in [-0.39, 0.29) is 24.0 Å². The first-order valence-corrected chi connectivity index (χ1v) is 13.9. The maximum Gasteiger partial charge on any atom is 0.264 e. The van der Waals surface area contributed by atoms with Gasteiger partial charge in [0.25, 0.3) is 15.9 Å². The van der Waals surface area contributed by atoms with Gasteiger partial charge in [0.2, 0.25) is 0 Å². The van der Waals surface area contributed by atoms with Gasteiger partial charge < -0.3 is 14.6 Å². The van der Waals surface area contributed by atoms with Crippen LogP contribution >= 0.6 is 11.6 Å². The summed E-state index contributed by atoms with van der Waals surface area (Å²) in [5, 5.41) is 3.40. The average molecular weight is 553 g/mol. The molecular weight excluding hydrogens is 524 g/mol. The van der Waals surface area contributed by atoms with E-state index in [9.17, 15) is 13.2 Å². The molecule has 38 heavy (non-hydrogen) atoms. The molecule has 1 aromatic heterocycles. The van der Waals surface area contributed by atoms with Crippen molar-refractivity contribution < 1.29 is 17.9 Å². The number of rotatable bonds is 12. The van der Waals surface area contributed by atoms with Gasteiger partial charge in [-0.25, -0.2) is 13.4 Å². The standard InChI is InChI=1S/C28H29ClN4O4S/c1-22-3-13-27(14-4-22)38(35,36)33(19-23-5-7-24(29)8-6-23)25-9-11-26(12-10-25)37-20-28(34)31-15-2-17-32-18-16-30-21-32/h3-14,16,18,21H,2,15,17,19-20H2,1H3,(H,31,34). The van der Waals surface area contributed by atoms with Crippen molar-refractivity contribution in [3.8, 4) is 5.75 Å². The van der Waals surface area contributed by atoms with Crippen LogP contribution in [0.25, 0.3) is 0 Å². The van der Waals surface area contributed by atoms with E-state index in [1.807, 2.05) is 17.7 Å². The number of anilines is 1. The first-order valence-electron chi connectivity index (χ1n) is 12.1. The zero-order valence-electron chi connectivity index (χ0n) is 21.0. The Hall–Kier alpha value is -3.82. The number of hydrogen-bond acceptors (Lipinski definition) is 5. The lowest BCUT2D eigenvalue weighted by Gasteiger charge is -2.25. The molecule has 0 aliphatic carbocycles. The first kappa shape index (κ1) is 27.2. The molecule has 0 bridgehead atoms. The highest BCUT2D eigenvalue weighted by Crippen LogP contribution is 2.28. The Labute approximate surface area is 227 Å². The zero-order chi connectivity index (χ0) is 27.0. The van der Waals surface area contributed by atoms with E-state index in [1.165, 1.54) is 4.31 Å². The number of hydrogen-bond donors (Lipinski definition) is 1. The molecule has 0 atom stereocenters. The number of halogens is 1. The van der Waals surface area contributed by atoms with Crippen molar-refractivity contribution in [1.82, 2.24) is 14.9 Å². The van der Waals surface area contributed by atoms with Gasteiger partial charge in [-0.1, -0.05) is 41.4 Å². The molecule has 0 fully saturated rings. The van der Waals surface area contributed by atoms with Crippen molar-refractivity contribution in [3.63, 3.8) is 0 Å². The highest BCUT2D eigenvalue weighted by molar-refractivity contribution is 7.92. The Balaban J connectivity index is 1.41. The van der Waals surface area contributed by atoms with Crippen LogP contribution < -0.4 is 14.4 Å². The number of aromatic nitrogens is 2. The van der Waals surface area contributed by atoms with E-state index in [1.54, 1.807) is 85.3 Å². The molecule has 1 heterocycles. The van der Waals surface area contributed by atoms with E-state index in [0.29, 0.717) is 23.0 Å². The van der Waals surface area contributed by atoms with Crippen LogP contribution in [-0.4, -0.2) is 37.0 Å². The van der Waals surface area contributed by atoms with Crippen LogP contribution in [0.1, 0.15) is 17.5 Å². The largest absolute Gasteiger partial charge is 0.484 e. The Bertz CT molecular complexity index is 1420. The number of benzene rings is 3. The van der Waals surface area contributed by atoms with Crippen molar-refractivity contribution in [3.05, 3.63) is 108 Å². The minimum absolute atomic E-state index is 0.120. The van der Waals surface area contributed by atoms with E-state index in [0.717, 1.165) is 24.1 Å². The van der Waals surface area contributed by atoms with Crippen LogP contribution in [0.5, 0.6) is 5.75 Å². The fourth-order valence-electron chi connectivity index (χ4n) is 3.73. The Morgan fingerprint density at radius 1 is 1.03 bits per heavy atom. The minimum atomic E-state index is -3.86. The normalized spacial score (nSPS) is 11.2. The van der Waals surface area contributed by atoms with E-state index < -0.39 is 10.0 Å². The SMILES string of the molecule is Cc1ccc(S(=O)(=O)N(Cc2ccc(Cl)cc2)c2ccc(OCC(=O)NCCCn3ccnc3)cc2)cc1. The lowest BCUT2D eigenvalue weighted by molar-refractivity contribution is -0.123. The lowest BCUT2D eigenvalue weighted by atomic mass is 10.2. The van der Waals surface area contributed by atoms with Gasteiger partial charge in [0, 0.05) is 30.5 Å². The predicted molar refractivity (Wildman–Crippen MR) is 148 cm³/mol. The third-order valence-electron chi connectivity index (χ3n) is 5.82. The molecule has 1 amide bonds. The van der Waals surface area contributed by atoms with Crippen molar-refractivity contribution >= 4 is 33.2 Å². The molecule has 0 spiro atoms. The number of aryl methyl sites for hydroxylation is 2. The number of carbonyl (C=O) groups is 1. The molecule has 198 valence electrons. The summed E-state index contributed by atoms with van der Waals surface area (Å²) in [7, 11) is -3.86. The van der Waals surface area contributed by atoms with Crippen LogP contribution in [0.4, 0.5) is 5.69 Å². The first-order chi connectivity index (χ1) is 18.3. The zero-order valence-corrected chi connectivity index (χ0v) is 22.5. The quantitative estimate of drug-likeness (QED) is 0.254. The van der Waals surface area contributed by atoms with Gasteiger partial charge in [-0.15, -0.1) is 0 Å². The average Bonchev–Trinajstić information content (AvgIpc) is 3.44. The second kappa shape index (κ2) is 12.6. The molecule has 0 radical (unpaired) electrons. The Morgan fingerprint density at radius 2 is 1.74 bits per heavy atom. The van der Waals surface area contributed by atoms with Crippen LogP contribution in [-0.2, 0) is 27.9 Å². The topological polar surface area (TPSA) is 93.5 Å². The van der Waals surface area contributed by atoms with Gasteiger partial charge in [-0.05, 0) is 67.4 Å². The molecule has 0 saturated carbocycles. The van der Waals surface area contributed by atoms with E-state index >= 15 is 0 Å². The summed E-state index contributed by atoms with van der Waals surface area (Å²) in [6.07, 6.45) is 6.09. The lowest BCUT2D eigenvalue weighted by Crippen LogP contribution is -2.31. The summed E-state index contributed by atoms with van der Waals surface area (Å²) in [6, 6.07) is 20.4. The van der Waals surface area contributed by atoms with E-state index in [2.05, 4.69) is 10.3 Å². The third-order valence-corrected chi connectivity index (χ3v) is 7.86. The van der Waals surface area contributed by atoms with Gasteiger partial charge >= 0.3 is 0 Å². The molecule has 0 unspecified atom stereocenters. The second-order valence-corrected chi connectivity index (χ2v) is 11.0. The molecule has 1 N–H and O–H groups in total. The van der Waals surface area contributed by atoms with Crippen molar-refractivity contribution in [1.29, 1.82) is 0 Å². The van der Waals surface area contributed by atoms with Crippen molar-refractivity contribution in [2.24, 2.45) is 0 Å². The van der Waals surface area contributed by atoms with Gasteiger partial charge in [0.15, 0.2) is 6.61 Å². The molecule has 4 rings (SSSR count). The number of imidazole rings is 1. The van der Waals surface area contributed by atoms with Crippen LogP contribution in [0.2, 0.25) is 5.02 Å². The number of nitrogens with zero attached hydrogens (tertiary/aromatic N) is 3. The fourth-order valence-corrected chi connectivity index (χ4v) is 5.30. The molecule has 3 aromatic carbocycles. The van der Waals surface area contributed by atoms with Crippen LogP contribution in [0, 0.1) is 6.92 Å². The highest BCUT2D eigenvalue weighted by atomic mass is 35.5. The van der Waals surface area contributed by atoms with Gasteiger partial charge in [-0.3, -0.25) is 9.10 Å². The van der Waals surface area contributed by atoms with Crippen molar-refractivity contribution in [2.45, 2.75) is 31.3 Å². The highest BCUT2D eigenvalue weighted by Gasteiger charge is 2.25. The number of ether oxygens (including phenoxy) is 1. The molecule has 0 aliphatic heterocycles. The number of carbonyl (C=O) groups excluding carboxylic acids is 1. The summed E-state index contributed by atoms with van der Waals surface area (Å²) >= 11 is 6.01. The molecular formula is C28H29ClN4O4S. The fraction of sp³-hybridized carbons (Fsp3) is 0.214. The third kappa shape index (κ3) is 7.36. The summed E-state index contributed by atoms with van der Waals surface area (Å²) in [5.74, 6) is 0.229. The smallest absolute Gasteiger partial charge is 0.264 e. The molecule has 10 heteroatoms.